The topological polar surface area (TPSA) is 40.9 Å². The molecule has 0 unspecified atom stereocenters. The normalized spacial score (nSPS) is 13.5. The highest BCUT2D eigenvalue weighted by atomic mass is 16.3. The number of nitrogens with zero attached hydrogens (tertiary/aromatic N) is 4. The van der Waals surface area contributed by atoms with Crippen LogP contribution >= 0.6 is 0 Å². The van der Waals surface area contributed by atoms with Gasteiger partial charge in [0.15, 0.2) is 11.2 Å². The third-order valence-electron chi connectivity index (χ3n) is 19.5. The molecule has 13 aromatic carbocycles. The lowest BCUT2D eigenvalue weighted by molar-refractivity contribution is 0.660. The van der Waals surface area contributed by atoms with Crippen LogP contribution in [0.25, 0.3) is 93.6 Å². The van der Waals surface area contributed by atoms with Crippen LogP contribution in [0, 0.1) is 0 Å². The van der Waals surface area contributed by atoms with Gasteiger partial charge in [-0.2, -0.15) is 0 Å². The first kappa shape index (κ1) is 51.8. The number of benzene rings is 13. The molecule has 3 heterocycles. The number of aromatic nitrogens is 1. The van der Waals surface area contributed by atoms with Crippen molar-refractivity contribution in [1.29, 1.82) is 0 Å². The molecule has 0 fully saturated rings. The minimum atomic E-state index is -0.233. The van der Waals surface area contributed by atoms with Gasteiger partial charge in [0.1, 0.15) is 11.2 Å². The van der Waals surface area contributed by atoms with Crippen LogP contribution < -0.4 is 14.7 Å². The number of hydrogen-bond acceptors (Lipinski definition) is 5. The fourth-order valence-corrected chi connectivity index (χ4v) is 15.4. The maximum absolute atomic E-state index is 7.44. The molecule has 16 aromatic rings. The van der Waals surface area contributed by atoms with Gasteiger partial charge < -0.3 is 28.1 Å². The molecule has 0 atom stereocenters. The lowest BCUT2D eigenvalue weighted by Crippen LogP contribution is -2.16. The van der Waals surface area contributed by atoms with Gasteiger partial charge in [0, 0.05) is 88.6 Å². The van der Waals surface area contributed by atoms with Gasteiger partial charge in [0.25, 0.3) is 0 Å². The molecule has 0 bridgehead atoms. The van der Waals surface area contributed by atoms with Crippen molar-refractivity contribution >= 4 is 117 Å². The van der Waals surface area contributed by atoms with Crippen molar-refractivity contribution in [2.45, 2.75) is 38.5 Å². The van der Waals surface area contributed by atoms with Crippen molar-refractivity contribution in [3.05, 3.63) is 313 Å². The van der Waals surface area contributed by atoms with Gasteiger partial charge in [-0.15, -0.1) is 0 Å². The predicted octanol–water partition coefficient (Wildman–Crippen LogP) is 23.6. The van der Waals surface area contributed by atoms with Crippen molar-refractivity contribution in [3.8, 4) is 27.9 Å². The Kier molecular flexibility index (Phi) is 11.3. The summed E-state index contributed by atoms with van der Waals surface area (Å²) < 4.78 is 17.4. The molecular formula is C84H60N4O2. The summed E-state index contributed by atoms with van der Waals surface area (Å²) in [6, 6.07) is 106. The maximum Gasteiger partial charge on any atom is 0.160 e. The summed E-state index contributed by atoms with van der Waals surface area (Å²) in [7, 11) is 0. The van der Waals surface area contributed by atoms with Gasteiger partial charge in [-0.25, -0.2) is 0 Å². The highest BCUT2D eigenvalue weighted by Gasteiger charge is 2.39. The van der Waals surface area contributed by atoms with E-state index >= 15 is 0 Å². The molecule has 428 valence electrons. The molecule has 6 nitrogen and oxygen atoms in total. The Labute approximate surface area is 522 Å². The van der Waals surface area contributed by atoms with E-state index in [1.54, 1.807) is 0 Å². The number of hydrogen-bond donors (Lipinski definition) is 0. The summed E-state index contributed by atoms with van der Waals surface area (Å²) >= 11 is 0. The van der Waals surface area contributed by atoms with Crippen LogP contribution in [-0.4, -0.2) is 4.57 Å². The van der Waals surface area contributed by atoms with Crippen LogP contribution in [0.15, 0.2) is 300 Å². The van der Waals surface area contributed by atoms with Crippen molar-refractivity contribution in [2.75, 3.05) is 14.7 Å². The highest BCUT2D eigenvalue weighted by molar-refractivity contribution is 6.38. The molecule has 90 heavy (non-hydrogen) atoms. The van der Waals surface area contributed by atoms with Crippen molar-refractivity contribution in [3.63, 3.8) is 0 Å². The van der Waals surface area contributed by atoms with Crippen LogP contribution in [-0.2, 0) is 10.8 Å². The maximum atomic E-state index is 7.44. The largest absolute Gasteiger partial charge is 0.454 e. The molecule has 6 heteroatoms. The Balaban J connectivity index is 0.979. The van der Waals surface area contributed by atoms with Gasteiger partial charge in [-0.1, -0.05) is 198 Å². The van der Waals surface area contributed by atoms with Crippen LogP contribution in [0.1, 0.15) is 49.9 Å². The molecular weight excluding hydrogens is 1100 g/mol. The number of rotatable bonds is 10. The summed E-state index contributed by atoms with van der Waals surface area (Å²) in [5.74, 6) is 0. The second kappa shape index (κ2) is 19.6. The molecule has 0 N–H and O–H groups in total. The van der Waals surface area contributed by atoms with E-state index in [0.717, 1.165) is 123 Å². The molecule has 0 amide bonds. The Bertz CT molecular complexity index is 5220. The van der Waals surface area contributed by atoms with E-state index in [9.17, 15) is 0 Å². The first-order valence-electron chi connectivity index (χ1n) is 31.2. The van der Waals surface area contributed by atoms with E-state index in [2.05, 4.69) is 338 Å². The third-order valence-corrected chi connectivity index (χ3v) is 19.5. The number of fused-ring (bicyclic) bond motifs is 17. The number of para-hydroxylation sites is 6. The molecule has 2 aliphatic rings. The van der Waals surface area contributed by atoms with Crippen LogP contribution in [0.2, 0.25) is 0 Å². The van der Waals surface area contributed by atoms with E-state index in [0.29, 0.717) is 0 Å². The molecule has 18 rings (SSSR count). The van der Waals surface area contributed by atoms with Crippen LogP contribution in [0.3, 0.4) is 0 Å². The van der Waals surface area contributed by atoms with Crippen LogP contribution in [0.5, 0.6) is 0 Å². The molecule has 0 aliphatic heterocycles. The SMILES string of the molecule is CC1(C)c2ccccc2-c2ccc(N(c3ccccc3)c3cc4c(c5c3oc3ccccc35)c3c5c(oc6ccccc65)c(N(c5ccccc5)c5ccc6c(c5)C(C)(C)c5ccccc5-6)cc3n4-c3ccc(N(c4ccccc4)c4ccccc4)cc3)cc21. The minimum Gasteiger partial charge on any atom is -0.454 e. The summed E-state index contributed by atoms with van der Waals surface area (Å²) in [5.41, 5.74) is 25.3. The molecule has 3 aromatic heterocycles. The Morgan fingerprint density at radius 2 is 0.611 bits per heavy atom. The zero-order valence-electron chi connectivity index (χ0n) is 50.3. The fourth-order valence-electron chi connectivity index (χ4n) is 15.4. The monoisotopic (exact) mass is 1160 g/mol. The van der Waals surface area contributed by atoms with Gasteiger partial charge in [0.2, 0.25) is 0 Å². The van der Waals surface area contributed by atoms with E-state index in [-0.39, 0.29) is 10.8 Å². The zero-order chi connectivity index (χ0) is 60.0. The van der Waals surface area contributed by atoms with Crippen molar-refractivity contribution in [1.82, 2.24) is 4.57 Å². The Morgan fingerprint density at radius 1 is 0.278 bits per heavy atom. The summed E-state index contributed by atoms with van der Waals surface area (Å²) in [4.78, 5) is 7.17. The van der Waals surface area contributed by atoms with E-state index in [4.69, 9.17) is 8.83 Å². The van der Waals surface area contributed by atoms with E-state index in [1.165, 1.54) is 44.5 Å². The average molecular weight is 1160 g/mol. The Hall–Kier alpha value is -11.3. The minimum absolute atomic E-state index is 0.233. The number of anilines is 9. The van der Waals surface area contributed by atoms with Gasteiger partial charge in [0.05, 0.1) is 22.4 Å². The second-order valence-electron chi connectivity index (χ2n) is 25.2. The summed E-state index contributed by atoms with van der Waals surface area (Å²) in [6.07, 6.45) is 0. The lowest BCUT2D eigenvalue weighted by atomic mass is 9.82. The summed E-state index contributed by atoms with van der Waals surface area (Å²) in [6.45, 7) is 9.44. The molecule has 2 aliphatic carbocycles. The first-order valence-corrected chi connectivity index (χ1v) is 31.2. The summed E-state index contributed by atoms with van der Waals surface area (Å²) in [5, 5.41) is 6.30. The fraction of sp³-hybridized carbons (Fsp3) is 0.0714. The molecule has 0 radical (unpaired) electrons. The van der Waals surface area contributed by atoms with Crippen molar-refractivity contribution < 1.29 is 8.83 Å². The van der Waals surface area contributed by atoms with Gasteiger partial charge in [-0.05, 0) is 166 Å². The smallest absolute Gasteiger partial charge is 0.160 e. The third kappa shape index (κ3) is 7.58. The zero-order valence-corrected chi connectivity index (χ0v) is 50.3. The second-order valence-corrected chi connectivity index (χ2v) is 25.2. The highest BCUT2D eigenvalue weighted by Crippen LogP contribution is 2.57. The Morgan fingerprint density at radius 3 is 1.03 bits per heavy atom. The van der Waals surface area contributed by atoms with Gasteiger partial charge in [-0.3, -0.25) is 0 Å². The van der Waals surface area contributed by atoms with E-state index < -0.39 is 0 Å². The van der Waals surface area contributed by atoms with Crippen molar-refractivity contribution in [2.24, 2.45) is 0 Å². The lowest BCUT2D eigenvalue weighted by Gasteiger charge is -2.28. The van der Waals surface area contributed by atoms with Crippen LogP contribution in [0.4, 0.5) is 51.2 Å². The van der Waals surface area contributed by atoms with Gasteiger partial charge >= 0.3 is 0 Å². The van der Waals surface area contributed by atoms with E-state index in [1.807, 2.05) is 0 Å². The average Bonchev–Trinajstić information content (AvgIpc) is 1.54. The standard InChI is InChI=1S/C84H60N4O2/c1-83(2)67-37-21-17-33-61(67)63-47-45-59(49-69(63)83)86(55-29-13-7-14-30-55)73-51-71-79(77-65-35-19-23-39-75(65)89-81(73)77)80-72(88(71)58-43-41-57(42-44-58)85(53-25-9-5-10-26-53)54-27-11-6-12-28-54)52-74(82-78(80)66-36-20-24-40-76(66)90-82)87(56-31-15-8-16-32-56)60-46-48-64-62-34-18-22-38-68(62)84(3,4)70(64)50-60/h5-52H,1-4H3. The predicted molar refractivity (Wildman–Crippen MR) is 375 cm³/mol. The first-order chi connectivity index (χ1) is 44.2. The molecule has 0 saturated heterocycles. The quantitative estimate of drug-likeness (QED) is 0.136. The number of furan rings is 2. The molecule has 0 spiro atoms. The molecule has 0 saturated carbocycles.